The molecule has 0 aromatic carbocycles. The highest BCUT2D eigenvalue weighted by molar-refractivity contribution is 7.10. The SMILES string of the molecule is CCC1(C)CC(NCC(C)(C)c2cccs2)CCO1. The fourth-order valence-electron chi connectivity index (χ4n) is 2.70. The molecule has 19 heavy (non-hydrogen) atoms. The average Bonchev–Trinajstić information content (AvgIpc) is 2.91. The van der Waals surface area contributed by atoms with Crippen molar-refractivity contribution in [1.29, 1.82) is 0 Å². The first kappa shape index (κ1) is 15.0. The van der Waals surface area contributed by atoms with Gasteiger partial charge in [-0.25, -0.2) is 0 Å². The lowest BCUT2D eigenvalue weighted by atomic mass is 9.87. The molecule has 0 amide bonds. The lowest BCUT2D eigenvalue weighted by molar-refractivity contribution is -0.0782. The van der Waals surface area contributed by atoms with E-state index in [1.807, 2.05) is 11.3 Å². The van der Waals surface area contributed by atoms with Crippen LogP contribution in [0, 0.1) is 0 Å². The number of thiophene rings is 1. The van der Waals surface area contributed by atoms with Crippen LogP contribution in [0.3, 0.4) is 0 Å². The average molecular weight is 281 g/mol. The van der Waals surface area contributed by atoms with Gasteiger partial charge in [-0.2, -0.15) is 0 Å². The molecule has 108 valence electrons. The zero-order chi connectivity index (χ0) is 13.9. The van der Waals surface area contributed by atoms with E-state index in [2.05, 4.69) is 50.5 Å². The molecular formula is C16H27NOS. The van der Waals surface area contributed by atoms with Crippen molar-refractivity contribution in [3.63, 3.8) is 0 Å². The summed E-state index contributed by atoms with van der Waals surface area (Å²) in [6.07, 6.45) is 3.36. The molecular weight excluding hydrogens is 254 g/mol. The van der Waals surface area contributed by atoms with Gasteiger partial charge in [-0.05, 0) is 37.6 Å². The van der Waals surface area contributed by atoms with Gasteiger partial charge in [0.1, 0.15) is 0 Å². The van der Waals surface area contributed by atoms with Crippen molar-refractivity contribution < 1.29 is 4.74 Å². The smallest absolute Gasteiger partial charge is 0.0666 e. The van der Waals surface area contributed by atoms with Crippen LogP contribution >= 0.6 is 11.3 Å². The van der Waals surface area contributed by atoms with E-state index in [1.165, 1.54) is 4.88 Å². The summed E-state index contributed by atoms with van der Waals surface area (Å²) in [7, 11) is 0. The van der Waals surface area contributed by atoms with Crippen LogP contribution < -0.4 is 5.32 Å². The summed E-state index contributed by atoms with van der Waals surface area (Å²) in [4.78, 5) is 1.46. The minimum Gasteiger partial charge on any atom is -0.375 e. The molecule has 2 rings (SSSR count). The van der Waals surface area contributed by atoms with E-state index in [-0.39, 0.29) is 11.0 Å². The van der Waals surface area contributed by atoms with Gasteiger partial charge in [0.05, 0.1) is 5.60 Å². The summed E-state index contributed by atoms with van der Waals surface area (Å²) in [6, 6.07) is 4.98. The standard InChI is InChI=1S/C16H27NOS/c1-5-16(4)11-13(8-9-18-16)17-12-15(2,3)14-7-6-10-19-14/h6-7,10,13,17H,5,8-9,11-12H2,1-4H3. The van der Waals surface area contributed by atoms with Crippen LogP contribution in [0.4, 0.5) is 0 Å². The van der Waals surface area contributed by atoms with Gasteiger partial charge in [0.25, 0.3) is 0 Å². The second-order valence-corrected chi connectivity index (χ2v) is 7.53. The van der Waals surface area contributed by atoms with Crippen LogP contribution in [-0.2, 0) is 10.2 Å². The van der Waals surface area contributed by atoms with E-state index in [4.69, 9.17) is 4.74 Å². The topological polar surface area (TPSA) is 21.3 Å². The zero-order valence-electron chi connectivity index (χ0n) is 12.7. The molecule has 1 aromatic rings. The Kier molecular flexibility index (Phi) is 4.70. The molecule has 2 atom stereocenters. The van der Waals surface area contributed by atoms with E-state index < -0.39 is 0 Å². The Morgan fingerprint density at radius 3 is 2.95 bits per heavy atom. The minimum atomic E-state index is 0.0724. The summed E-state index contributed by atoms with van der Waals surface area (Å²) in [5.74, 6) is 0. The number of rotatable bonds is 5. The molecule has 0 spiro atoms. The Morgan fingerprint density at radius 2 is 2.32 bits per heavy atom. The van der Waals surface area contributed by atoms with Gasteiger partial charge >= 0.3 is 0 Å². The van der Waals surface area contributed by atoms with Crippen molar-refractivity contribution in [2.24, 2.45) is 0 Å². The Morgan fingerprint density at radius 1 is 1.53 bits per heavy atom. The van der Waals surface area contributed by atoms with Crippen molar-refractivity contribution in [2.45, 2.75) is 64.0 Å². The monoisotopic (exact) mass is 281 g/mol. The quantitative estimate of drug-likeness (QED) is 0.882. The molecule has 0 aliphatic carbocycles. The van der Waals surface area contributed by atoms with Crippen LogP contribution in [0.2, 0.25) is 0 Å². The van der Waals surface area contributed by atoms with Crippen molar-refractivity contribution in [3.05, 3.63) is 22.4 Å². The highest BCUT2D eigenvalue weighted by Crippen LogP contribution is 2.30. The number of hydrogen-bond donors (Lipinski definition) is 1. The molecule has 3 heteroatoms. The molecule has 1 aliphatic heterocycles. The second-order valence-electron chi connectivity index (χ2n) is 6.58. The largest absolute Gasteiger partial charge is 0.375 e. The number of hydrogen-bond acceptors (Lipinski definition) is 3. The molecule has 2 heterocycles. The van der Waals surface area contributed by atoms with Gasteiger partial charge < -0.3 is 10.1 Å². The van der Waals surface area contributed by atoms with E-state index in [1.54, 1.807) is 0 Å². The van der Waals surface area contributed by atoms with Crippen LogP contribution in [0.25, 0.3) is 0 Å². The van der Waals surface area contributed by atoms with Crippen LogP contribution in [0.15, 0.2) is 17.5 Å². The molecule has 0 radical (unpaired) electrons. The minimum absolute atomic E-state index is 0.0724. The third-order valence-corrected chi connectivity index (χ3v) is 5.60. The molecule has 1 aromatic heterocycles. The van der Waals surface area contributed by atoms with Gasteiger partial charge in [-0.3, -0.25) is 0 Å². The molecule has 2 unspecified atom stereocenters. The highest BCUT2D eigenvalue weighted by atomic mass is 32.1. The summed E-state index contributed by atoms with van der Waals surface area (Å²) in [6.45, 7) is 11.0. The third kappa shape index (κ3) is 3.80. The lowest BCUT2D eigenvalue weighted by Gasteiger charge is -2.39. The maximum atomic E-state index is 5.91. The first-order chi connectivity index (χ1) is 8.95. The van der Waals surface area contributed by atoms with Crippen molar-refractivity contribution >= 4 is 11.3 Å². The molecule has 0 bridgehead atoms. The van der Waals surface area contributed by atoms with E-state index >= 15 is 0 Å². The molecule has 1 aliphatic rings. The van der Waals surface area contributed by atoms with Gasteiger partial charge in [0.2, 0.25) is 0 Å². The third-order valence-electron chi connectivity index (χ3n) is 4.36. The number of ether oxygens (including phenoxy) is 1. The van der Waals surface area contributed by atoms with Crippen LogP contribution in [0.5, 0.6) is 0 Å². The Bertz CT molecular complexity index is 387. The fraction of sp³-hybridized carbons (Fsp3) is 0.750. The van der Waals surface area contributed by atoms with E-state index in [0.717, 1.165) is 32.4 Å². The van der Waals surface area contributed by atoms with Gasteiger partial charge in [0.15, 0.2) is 0 Å². The Hall–Kier alpha value is -0.380. The highest BCUT2D eigenvalue weighted by Gasteiger charge is 2.32. The number of nitrogens with one attached hydrogen (secondary N) is 1. The molecule has 2 nitrogen and oxygen atoms in total. The maximum Gasteiger partial charge on any atom is 0.0666 e. The summed E-state index contributed by atoms with van der Waals surface area (Å²) in [5.41, 5.74) is 0.290. The van der Waals surface area contributed by atoms with Crippen molar-refractivity contribution in [3.8, 4) is 0 Å². The lowest BCUT2D eigenvalue weighted by Crippen LogP contribution is -2.47. The fourth-order valence-corrected chi connectivity index (χ4v) is 3.55. The molecule has 1 fully saturated rings. The first-order valence-corrected chi connectivity index (χ1v) is 8.24. The Balaban J connectivity index is 1.88. The molecule has 0 saturated carbocycles. The van der Waals surface area contributed by atoms with Gasteiger partial charge in [0, 0.05) is 29.5 Å². The Labute approximate surface area is 121 Å². The first-order valence-electron chi connectivity index (χ1n) is 7.36. The predicted octanol–water partition coefficient (Wildman–Crippen LogP) is 3.96. The van der Waals surface area contributed by atoms with Crippen LogP contribution in [0.1, 0.15) is 51.8 Å². The summed E-state index contributed by atoms with van der Waals surface area (Å²) >= 11 is 1.86. The van der Waals surface area contributed by atoms with E-state index in [0.29, 0.717) is 6.04 Å². The van der Waals surface area contributed by atoms with Gasteiger partial charge in [-0.15, -0.1) is 11.3 Å². The zero-order valence-corrected chi connectivity index (χ0v) is 13.5. The second kappa shape index (κ2) is 5.94. The van der Waals surface area contributed by atoms with Crippen LogP contribution in [-0.4, -0.2) is 24.8 Å². The van der Waals surface area contributed by atoms with E-state index in [9.17, 15) is 0 Å². The predicted molar refractivity (Wildman–Crippen MR) is 83.0 cm³/mol. The molecule has 1 N–H and O–H groups in total. The van der Waals surface area contributed by atoms with Crippen molar-refractivity contribution in [2.75, 3.05) is 13.2 Å². The van der Waals surface area contributed by atoms with Gasteiger partial charge in [-0.1, -0.05) is 26.8 Å². The van der Waals surface area contributed by atoms with Crippen molar-refractivity contribution in [1.82, 2.24) is 5.32 Å². The molecule has 1 saturated heterocycles. The summed E-state index contributed by atoms with van der Waals surface area (Å²) < 4.78 is 5.91. The maximum absolute atomic E-state index is 5.91. The summed E-state index contributed by atoms with van der Waals surface area (Å²) in [5, 5.41) is 5.93. The normalized spacial score (nSPS) is 28.5.